The molecule has 0 radical (unpaired) electrons. The van der Waals surface area contributed by atoms with E-state index in [0.717, 1.165) is 19.5 Å². The summed E-state index contributed by atoms with van der Waals surface area (Å²) in [6.07, 6.45) is 6.96. The molecule has 4 nitrogen and oxygen atoms in total. The minimum Gasteiger partial charge on any atom is -0.314 e. The van der Waals surface area contributed by atoms with Gasteiger partial charge in [-0.15, -0.1) is 0 Å². The van der Waals surface area contributed by atoms with Crippen LogP contribution in [-0.4, -0.2) is 27.4 Å². The zero-order valence-electron chi connectivity index (χ0n) is 9.11. The molecule has 0 aromatic carbocycles. The average molecular weight is 196 g/mol. The molecule has 80 valence electrons. The minimum absolute atomic E-state index is 0.561. The van der Waals surface area contributed by atoms with Gasteiger partial charge in [0.2, 0.25) is 0 Å². The molecule has 0 aliphatic carbocycles. The van der Waals surface area contributed by atoms with Crippen LogP contribution in [0.1, 0.15) is 33.1 Å². The molecule has 0 bridgehead atoms. The Morgan fingerprint density at radius 3 is 3.00 bits per heavy atom. The molecule has 1 rings (SSSR count). The number of aromatic nitrogens is 3. The molecule has 0 spiro atoms. The zero-order chi connectivity index (χ0) is 10.2. The second-order valence-electron chi connectivity index (χ2n) is 3.66. The Balaban J connectivity index is 2.06. The molecule has 4 heteroatoms. The van der Waals surface area contributed by atoms with Gasteiger partial charge >= 0.3 is 0 Å². The van der Waals surface area contributed by atoms with E-state index in [-0.39, 0.29) is 0 Å². The third kappa shape index (κ3) is 4.37. The molecule has 14 heavy (non-hydrogen) atoms. The van der Waals surface area contributed by atoms with E-state index in [4.69, 9.17) is 0 Å². The predicted octanol–water partition coefficient (Wildman–Crippen LogP) is 1.45. The second-order valence-corrected chi connectivity index (χ2v) is 3.66. The van der Waals surface area contributed by atoms with E-state index in [0.29, 0.717) is 6.04 Å². The molecular formula is C10H20N4. The Bertz CT molecular complexity index is 220. The molecule has 1 aromatic rings. The fourth-order valence-corrected chi connectivity index (χ4v) is 1.30. The highest BCUT2D eigenvalue weighted by Crippen LogP contribution is 1.95. The van der Waals surface area contributed by atoms with Crippen molar-refractivity contribution in [1.29, 1.82) is 0 Å². The number of hydrogen-bond donors (Lipinski definition) is 1. The van der Waals surface area contributed by atoms with E-state index < -0.39 is 0 Å². The average Bonchev–Trinajstić information content (AvgIpc) is 2.68. The van der Waals surface area contributed by atoms with Crippen LogP contribution in [0.5, 0.6) is 0 Å². The topological polar surface area (TPSA) is 42.7 Å². The molecule has 0 aliphatic heterocycles. The van der Waals surface area contributed by atoms with Crippen molar-refractivity contribution in [2.45, 2.75) is 45.7 Å². The molecule has 0 saturated carbocycles. The van der Waals surface area contributed by atoms with E-state index >= 15 is 0 Å². The van der Waals surface area contributed by atoms with Gasteiger partial charge in [0, 0.05) is 12.6 Å². The summed E-state index contributed by atoms with van der Waals surface area (Å²) in [5.41, 5.74) is 0. The zero-order valence-corrected chi connectivity index (χ0v) is 9.11. The number of nitrogens with one attached hydrogen (secondary N) is 1. The van der Waals surface area contributed by atoms with Gasteiger partial charge in [0.25, 0.3) is 0 Å². The normalized spacial score (nSPS) is 13.0. The van der Waals surface area contributed by atoms with Crippen LogP contribution in [0, 0.1) is 0 Å². The summed E-state index contributed by atoms with van der Waals surface area (Å²) in [6, 6.07) is 0.561. The van der Waals surface area contributed by atoms with Crippen molar-refractivity contribution in [1.82, 2.24) is 20.1 Å². The maximum Gasteiger partial charge on any atom is 0.137 e. The summed E-state index contributed by atoms with van der Waals surface area (Å²) in [4.78, 5) is 3.91. The second kappa shape index (κ2) is 6.54. The first-order chi connectivity index (χ1) is 6.83. The first-order valence-electron chi connectivity index (χ1n) is 5.38. The molecule has 1 atom stereocenters. The van der Waals surface area contributed by atoms with Crippen molar-refractivity contribution < 1.29 is 0 Å². The van der Waals surface area contributed by atoms with Crippen molar-refractivity contribution in [3.63, 3.8) is 0 Å². The lowest BCUT2D eigenvalue weighted by atomic mass is 10.2. The highest BCUT2D eigenvalue weighted by Gasteiger charge is 2.00. The van der Waals surface area contributed by atoms with Gasteiger partial charge in [0.15, 0.2) is 0 Å². The SMILES string of the molecule is CCCCNC(C)CCn1cncn1. The maximum absolute atomic E-state index is 4.06. The Labute approximate surface area is 85.7 Å². The summed E-state index contributed by atoms with van der Waals surface area (Å²) >= 11 is 0. The molecule has 1 N–H and O–H groups in total. The molecule has 1 unspecified atom stereocenters. The van der Waals surface area contributed by atoms with Gasteiger partial charge in [-0.3, -0.25) is 4.68 Å². The Morgan fingerprint density at radius 1 is 1.50 bits per heavy atom. The molecule has 0 aliphatic rings. The van der Waals surface area contributed by atoms with E-state index in [2.05, 4.69) is 29.2 Å². The van der Waals surface area contributed by atoms with Gasteiger partial charge in [-0.2, -0.15) is 5.10 Å². The number of rotatable bonds is 7. The van der Waals surface area contributed by atoms with Gasteiger partial charge in [0.05, 0.1) is 0 Å². The summed E-state index contributed by atoms with van der Waals surface area (Å²) in [7, 11) is 0. The van der Waals surface area contributed by atoms with Crippen molar-refractivity contribution in [2.75, 3.05) is 6.54 Å². The van der Waals surface area contributed by atoms with Crippen LogP contribution in [0.2, 0.25) is 0 Å². The maximum atomic E-state index is 4.06. The summed E-state index contributed by atoms with van der Waals surface area (Å²) in [5.74, 6) is 0. The Hall–Kier alpha value is -0.900. The fourth-order valence-electron chi connectivity index (χ4n) is 1.30. The smallest absolute Gasteiger partial charge is 0.137 e. The number of hydrogen-bond acceptors (Lipinski definition) is 3. The van der Waals surface area contributed by atoms with Crippen LogP contribution in [0.25, 0.3) is 0 Å². The van der Waals surface area contributed by atoms with Gasteiger partial charge in [-0.05, 0) is 26.3 Å². The lowest BCUT2D eigenvalue weighted by Crippen LogP contribution is -2.28. The van der Waals surface area contributed by atoms with Crippen LogP contribution in [-0.2, 0) is 6.54 Å². The van der Waals surface area contributed by atoms with Gasteiger partial charge in [0.1, 0.15) is 12.7 Å². The third-order valence-electron chi connectivity index (χ3n) is 2.28. The molecule has 1 heterocycles. The van der Waals surface area contributed by atoms with Crippen LogP contribution in [0.15, 0.2) is 12.7 Å². The van der Waals surface area contributed by atoms with Crippen LogP contribution in [0.3, 0.4) is 0 Å². The third-order valence-corrected chi connectivity index (χ3v) is 2.28. The monoisotopic (exact) mass is 196 g/mol. The Kier molecular flexibility index (Phi) is 5.22. The van der Waals surface area contributed by atoms with Crippen LogP contribution in [0.4, 0.5) is 0 Å². The number of nitrogens with zero attached hydrogens (tertiary/aromatic N) is 3. The standard InChI is InChI=1S/C10H20N4/c1-3-4-6-12-10(2)5-7-14-9-11-8-13-14/h8-10,12H,3-7H2,1-2H3. The first kappa shape index (κ1) is 11.2. The van der Waals surface area contributed by atoms with Crippen molar-refractivity contribution in [3.05, 3.63) is 12.7 Å². The summed E-state index contributed by atoms with van der Waals surface area (Å²) in [5, 5.41) is 7.55. The van der Waals surface area contributed by atoms with Gasteiger partial charge < -0.3 is 5.32 Å². The lowest BCUT2D eigenvalue weighted by molar-refractivity contribution is 0.454. The van der Waals surface area contributed by atoms with E-state index in [1.54, 1.807) is 12.7 Å². The highest BCUT2D eigenvalue weighted by molar-refractivity contribution is 4.62. The summed E-state index contributed by atoms with van der Waals surface area (Å²) < 4.78 is 1.87. The highest BCUT2D eigenvalue weighted by atomic mass is 15.3. The van der Waals surface area contributed by atoms with Crippen molar-refractivity contribution in [3.8, 4) is 0 Å². The molecule has 0 amide bonds. The number of aryl methyl sites for hydroxylation is 1. The summed E-state index contributed by atoms with van der Waals surface area (Å²) in [6.45, 7) is 6.49. The fraction of sp³-hybridized carbons (Fsp3) is 0.800. The van der Waals surface area contributed by atoms with Gasteiger partial charge in [-0.1, -0.05) is 13.3 Å². The van der Waals surface area contributed by atoms with E-state index in [1.165, 1.54) is 12.8 Å². The lowest BCUT2D eigenvalue weighted by Gasteiger charge is -2.12. The van der Waals surface area contributed by atoms with E-state index in [1.807, 2.05) is 4.68 Å². The van der Waals surface area contributed by atoms with Crippen molar-refractivity contribution in [2.24, 2.45) is 0 Å². The van der Waals surface area contributed by atoms with E-state index in [9.17, 15) is 0 Å². The van der Waals surface area contributed by atoms with Gasteiger partial charge in [-0.25, -0.2) is 4.98 Å². The first-order valence-corrected chi connectivity index (χ1v) is 5.38. The van der Waals surface area contributed by atoms with Crippen LogP contribution >= 0.6 is 0 Å². The molecular weight excluding hydrogens is 176 g/mol. The number of unbranched alkanes of at least 4 members (excludes halogenated alkanes) is 1. The Morgan fingerprint density at radius 2 is 2.36 bits per heavy atom. The largest absolute Gasteiger partial charge is 0.314 e. The molecule has 1 aromatic heterocycles. The van der Waals surface area contributed by atoms with Crippen LogP contribution < -0.4 is 5.32 Å². The molecule has 0 saturated heterocycles. The minimum atomic E-state index is 0.561. The molecule has 0 fully saturated rings. The predicted molar refractivity (Wildman–Crippen MR) is 57.0 cm³/mol. The quantitative estimate of drug-likeness (QED) is 0.671. The van der Waals surface area contributed by atoms with Crippen molar-refractivity contribution >= 4 is 0 Å².